The maximum Gasteiger partial charge on any atom is 0.306 e. The highest BCUT2D eigenvalue weighted by Gasteiger charge is 2.21. The quantitative estimate of drug-likeness (QED) is 0.0195. The van der Waals surface area contributed by atoms with Gasteiger partial charge in [-0.25, -0.2) is 0 Å². The lowest BCUT2D eigenvalue weighted by Crippen LogP contribution is -2.37. The third-order valence-corrected chi connectivity index (χ3v) is 12.4. The molecule has 0 aromatic rings. The number of quaternary nitrogens is 1. The summed E-state index contributed by atoms with van der Waals surface area (Å²) in [6.45, 7) is 4.05. The smallest absolute Gasteiger partial charge is 0.306 e. The van der Waals surface area contributed by atoms with Crippen LogP contribution in [0.15, 0.2) is 122 Å². The minimum absolute atomic E-state index is 0.0413. The summed E-state index contributed by atoms with van der Waals surface area (Å²) in [5, 5.41) is 0. The molecule has 0 rings (SSSR count). The average molecular weight is 1020 g/mol. The fourth-order valence-electron chi connectivity index (χ4n) is 7.11. The second kappa shape index (κ2) is 52.3. The van der Waals surface area contributed by atoms with Gasteiger partial charge in [0.15, 0.2) is 6.10 Å². The van der Waals surface area contributed by atoms with Crippen molar-refractivity contribution in [2.75, 3.05) is 47.5 Å². The average Bonchev–Trinajstić information content (AvgIpc) is 3.34. The fourth-order valence-corrected chi connectivity index (χ4v) is 7.84. The van der Waals surface area contributed by atoms with Gasteiger partial charge in [-0.15, -0.1) is 0 Å². The third-order valence-electron chi connectivity index (χ3n) is 11.5. The fraction of sp³-hybridized carbons (Fsp3) is 0.645. The molecule has 0 bridgehead atoms. The standard InChI is InChI=1S/C62H104NO8P/c1-6-8-10-12-14-16-18-20-22-23-24-25-26-27-28-29-30-31-32-33-34-35-36-37-38-39-41-43-45-47-49-51-53-55-62(65)71-60(59-70-72(66,67)69-57-56-63(3,4)5)58-68-61(64)54-52-50-48-46-44-42-40-21-19-17-15-13-11-9-7-2/h8,10,14-17,20-22,24-25,27-28,30-31,33-34,36-37,40,60H,6-7,9,11-13,18-19,23,26,29,32,35,38-39,41-59H2,1-5H3/b10-8-,16-14-,17-15-,22-20-,25-24-,28-27-,31-30-,34-33-,37-36-,40-21-. The van der Waals surface area contributed by atoms with Gasteiger partial charge < -0.3 is 27.9 Å². The molecule has 0 saturated heterocycles. The maximum absolute atomic E-state index is 12.8. The van der Waals surface area contributed by atoms with E-state index in [2.05, 4.69) is 135 Å². The van der Waals surface area contributed by atoms with Gasteiger partial charge in [-0.2, -0.15) is 0 Å². The van der Waals surface area contributed by atoms with Gasteiger partial charge >= 0.3 is 11.9 Å². The molecule has 0 aromatic heterocycles. The molecule has 0 N–H and O–H groups in total. The lowest BCUT2D eigenvalue weighted by Gasteiger charge is -2.28. The monoisotopic (exact) mass is 1020 g/mol. The largest absolute Gasteiger partial charge is 0.756 e. The number of hydrogen-bond donors (Lipinski definition) is 0. The molecule has 0 radical (unpaired) electrons. The molecular weight excluding hydrogens is 918 g/mol. The number of nitrogens with zero attached hydrogens (tertiary/aromatic N) is 1. The van der Waals surface area contributed by atoms with Crippen molar-refractivity contribution in [3.8, 4) is 0 Å². The first kappa shape index (κ1) is 68.4. The lowest BCUT2D eigenvalue weighted by molar-refractivity contribution is -0.870. The minimum Gasteiger partial charge on any atom is -0.756 e. The summed E-state index contributed by atoms with van der Waals surface area (Å²) in [6, 6.07) is 0. The highest BCUT2D eigenvalue weighted by atomic mass is 31.2. The predicted octanol–water partition coefficient (Wildman–Crippen LogP) is 17.0. The van der Waals surface area contributed by atoms with Crippen LogP contribution in [0.2, 0.25) is 0 Å². The van der Waals surface area contributed by atoms with Gasteiger partial charge in [-0.05, 0) is 109 Å². The van der Waals surface area contributed by atoms with E-state index in [0.29, 0.717) is 23.9 Å². The molecule has 0 aliphatic carbocycles. The molecule has 0 amide bonds. The van der Waals surface area contributed by atoms with Crippen LogP contribution in [0.5, 0.6) is 0 Å². The van der Waals surface area contributed by atoms with Gasteiger partial charge in [0.25, 0.3) is 7.82 Å². The Balaban J connectivity index is 4.21. The number of hydrogen-bond acceptors (Lipinski definition) is 8. The van der Waals surface area contributed by atoms with E-state index in [9.17, 15) is 19.0 Å². The summed E-state index contributed by atoms with van der Waals surface area (Å²) in [7, 11) is 1.13. The number of esters is 2. The van der Waals surface area contributed by atoms with Crippen LogP contribution in [0.3, 0.4) is 0 Å². The Hall–Kier alpha value is -3.59. The van der Waals surface area contributed by atoms with Crippen LogP contribution in [0.4, 0.5) is 0 Å². The predicted molar refractivity (Wildman–Crippen MR) is 305 cm³/mol. The van der Waals surface area contributed by atoms with Crippen molar-refractivity contribution >= 4 is 19.8 Å². The van der Waals surface area contributed by atoms with E-state index in [1.807, 2.05) is 21.1 Å². The summed E-state index contributed by atoms with van der Waals surface area (Å²) >= 11 is 0. The van der Waals surface area contributed by atoms with E-state index in [-0.39, 0.29) is 26.1 Å². The summed E-state index contributed by atoms with van der Waals surface area (Å²) < 4.78 is 34.1. The Kier molecular flexibility index (Phi) is 49.7. The number of ether oxygens (including phenoxy) is 2. The van der Waals surface area contributed by atoms with Crippen molar-refractivity contribution in [1.82, 2.24) is 0 Å². The molecule has 0 saturated carbocycles. The van der Waals surface area contributed by atoms with E-state index in [1.54, 1.807) is 0 Å². The summed E-state index contributed by atoms with van der Waals surface area (Å²) in [5.41, 5.74) is 0. The number of phosphoric acid groups is 1. The van der Waals surface area contributed by atoms with Crippen molar-refractivity contribution in [1.29, 1.82) is 0 Å². The van der Waals surface area contributed by atoms with Crippen LogP contribution in [0, 0.1) is 0 Å². The Morgan fingerprint density at radius 3 is 1.18 bits per heavy atom. The lowest BCUT2D eigenvalue weighted by atomic mass is 10.1. The van der Waals surface area contributed by atoms with Crippen LogP contribution in [0.25, 0.3) is 0 Å². The summed E-state index contributed by atoms with van der Waals surface area (Å²) in [6.07, 6.45) is 73.8. The molecule has 10 heteroatoms. The van der Waals surface area contributed by atoms with Crippen LogP contribution in [0.1, 0.15) is 206 Å². The zero-order chi connectivity index (χ0) is 52.7. The van der Waals surface area contributed by atoms with Crippen molar-refractivity contribution in [2.45, 2.75) is 213 Å². The van der Waals surface area contributed by atoms with Crippen molar-refractivity contribution in [2.24, 2.45) is 0 Å². The number of unbranched alkanes of at least 4 members (excludes halogenated alkanes) is 16. The number of carbonyl (C=O) groups is 2. The number of rotatable bonds is 50. The number of likely N-dealkylation sites (N-methyl/N-ethyl adjacent to an activating group) is 1. The highest BCUT2D eigenvalue weighted by Crippen LogP contribution is 2.38. The summed E-state index contributed by atoms with van der Waals surface area (Å²) in [5.74, 6) is -0.868. The molecule has 0 aliphatic heterocycles. The van der Waals surface area contributed by atoms with Crippen LogP contribution in [-0.2, 0) is 32.7 Å². The Bertz CT molecular complexity index is 1630. The third kappa shape index (κ3) is 55.7. The Morgan fingerprint density at radius 1 is 0.444 bits per heavy atom. The number of allylic oxidation sites excluding steroid dienone is 20. The van der Waals surface area contributed by atoms with Crippen LogP contribution in [-0.4, -0.2) is 70.0 Å². The van der Waals surface area contributed by atoms with E-state index in [1.165, 1.54) is 51.4 Å². The molecule has 2 atom stereocenters. The first-order valence-electron chi connectivity index (χ1n) is 28.2. The highest BCUT2D eigenvalue weighted by molar-refractivity contribution is 7.45. The van der Waals surface area contributed by atoms with Gasteiger partial charge in [0.2, 0.25) is 0 Å². The van der Waals surface area contributed by atoms with Gasteiger partial charge in [0.05, 0.1) is 27.7 Å². The first-order chi connectivity index (χ1) is 35.0. The minimum atomic E-state index is -4.65. The normalized spacial score (nSPS) is 14.2. The van der Waals surface area contributed by atoms with Gasteiger partial charge in [0.1, 0.15) is 19.8 Å². The SMILES string of the molecule is CC/C=C\C/C=C\C/C=C\C/C=C\C/C=C\C/C=C\C/C=C\C/C=C\CCCCCCCCCCC(=O)OC(COC(=O)CCCCCCC/C=C\C/C=C\CCCCC)COP(=O)([O-])OCC[N+](C)(C)C. The van der Waals surface area contributed by atoms with Crippen LogP contribution < -0.4 is 4.89 Å². The van der Waals surface area contributed by atoms with Crippen molar-refractivity contribution in [3.05, 3.63) is 122 Å². The van der Waals surface area contributed by atoms with Gasteiger partial charge in [-0.1, -0.05) is 206 Å². The molecule has 0 fully saturated rings. The summed E-state index contributed by atoms with van der Waals surface area (Å²) in [4.78, 5) is 37.8. The zero-order valence-electron chi connectivity index (χ0n) is 46.3. The van der Waals surface area contributed by atoms with E-state index < -0.39 is 32.5 Å². The van der Waals surface area contributed by atoms with E-state index in [0.717, 1.165) is 116 Å². The van der Waals surface area contributed by atoms with E-state index in [4.69, 9.17) is 18.5 Å². The Labute approximate surface area is 441 Å². The van der Waals surface area contributed by atoms with Gasteiger partial charge in [0, 0.05) is 12.8 Å². The maximum atomic E-state index is 12.8. The molecule has 0 spiro atoms. The molecule has 0 aromatic carbocycles. The molecule has 2 unspecified atom stereocenters. The molecule has 0 aliphatic rings. The van der Waals surface area contributed by atoms with Gasteiger partial charge in [-0.3, -0.25) is 14.2 Å². The number of phosphoric ester groups is 1. The molecule has 0 heterocycles. The van der Waals surface area contributed by atoms with Crippen molar-refractivity contribution < 1.29 is 42.1 Å². The topological polar surface area (TPSA) is 111 Å². The molecule has 72 heavy (non-hydrogen) atoms. The Morgan fingerprint density at radius 2 is 0.792 bits per heavy atom. The zero-order valence-corrected chi connectivity index (χ0v) is 47.2. The molecular formula is C62H104NO8P. The number of carbonyl (C=O) groups excluding carboxylic acids is 2. The molecule has 410 valence electrons. The second-order valence-corrected chi connectivity index (χ2v) is 21.0. The molecule has 9 nitrogen and oxygen atoms in total. The second-order valence-electron chi connectivity index (χ2n) is 19.6. The first-order valence-corrected chi connectivity index (χ1v) is 29.7. The van der Waals surface area contributed by atoms with Crippen molar-refractivity contribution in [3.63, 3.8) is 0 Å². The van der Waals surface area contributed by atoms with E-state index >= 15 is 0 Å². The van der Waals surface area contributed by atoms with Crippen LogP contribution >= 0.6 is 7.82 Å².